The summed E-state index contributed by atoms with van der Waals surface area (Å²) < 4.78 is 0. The smallest absolute Gasteiger partial charge is 0.239 e. The molecule has 0 aliphatic carbocycles. The number of aliphatic hydroxyl groups is 1. The zero-order chi connectivity index (χ0) is 17.7. The molecule has 0 aromatic rings. The first-order valence-corrected chi connectivity index (χ1v) is 9.63. The van der Waals surface area contributed by atoms with Crippen LogP contribution in [0.1, 0.15) is 34.1 Å². The molecule has 6 heteroatoms. The molecular weight excluding hydrogens is 304 g/mol. The van der Waals surface area contributed by atoms with Crippen molar-refractivity contribution in [1.82, 2.24) is 19.6 Å². The van der Waals surface area contributed by atoms with E-state index in [1.54, 1.807) is 0 Å². The fourth-order valence-electron chi connectivity index (χ4n) is 3.94. The van der Waals surface area contributed by atoms with Crippen molar-refractivity contribution in [3.63, 3.8) is 0 Å². The van der Waals surface area contributed by atoms with Crippen molar-refractivity contribution >= 4 is 5.91 Å². The third kappa shape index (κ3) is 4.91. The third-order valence-electron chi connectivity index (χ3n) is 5.64. The maximum atomic E-state index is 12.9. The van der Waals surface area contributed by atoms with E-state index in [-0.39, 0.29) is 18.1 Å². The zero-order valence-corrected chi connectivity index (χ0v) is 15.9. The van der Waals surface area contributed by atoms with Crippen LogP contribution in [-0.4, -0.2) is 108 Å². The van der Waals surface area contributed by atoms with Crippen LogP contribution in [0.15, 0.2) is 0 Å². The Labute approximate surface area is 147 Å². The summed E-state index contributed by atoms with van der Waals surface area (Å²) in [5, 5.41) is 9.67. The quantitative estimate of drug-likeness (QED) is 0.754. The number of rotatable bonds is 6. The van der Waals surface area contributed by atoms with Crippen LogP contribution in [0, 0.1) is 0 Å². The van der Waals surface area contributed by atoms with Crippen LogP contribution in [-0.2, 0) is 4.79 Å². The SMILES string of the molecule is CC[C@@H]1CN([C@@H](C)C(=O)N2CCN(CC)CC2)CCN1C[C@H](C)O. The van der Waals surface area contributed by atoms with Crippen molar-refractivity contribution in [3.05, 3.63) is 0 Å². The Kier molecular flexibility index (Phi) is 7.47. The number of nitrogens with zero attached hydrogens (tertiary/aromatic N) is 4. The van der Waals surface area contributed by atoms with Gasteiger partial charge in [0.25, 0.3) is 0 Å². The summed E-state index contributed by atoms with van der Waals surface area (Å²) in [6.45, 7) is 16.6. The highest BCUT2D eigenvalue weighted by Gasteiger charge is 2.33. The average Bonchev–Trinajstić information content (AvgIpc) is 2.60. The Hall–Kier alpha value is -0.690. The van der Waals surface area contributed by atoms with Crippen LogP contribution in [0.25, 0.3) is 0 Å². The molecule has 0 aromatic heterocycles. The van der Waals surface area contributed by atoms with Crippen molar-refractivity contribution in [3.8, 4) is 0 Å². The molecule has 0 bridgehead atoms. The standard InChI is InChI=1S/C18H36N4O2/c1-5-17-14-21(11-12-22(17)13-15(3)23)16(4)18(24)20-9-7-19(6-2)8-10-20/h15-17,23H,5-14H2,1-4H3/t15-,16-,17+/m0/s1. The van der Waals surface area contributed by atoms with Gasteiger partial charge in [-0.2, -0.15) is 0 Å². The number of piperazine rings is 2. The number of β-amino-alcohol motifs (C(OH)–C–C–N with tert-alkyl or cyclic N) is 1. The number of hydrogen-bond acceptors (Lipinski definition) is 5. The summed E-state index contributed by atoms with van der Waals surface area (Å²) in [6, 6.07) is 0.390. The number of aliphatic hydroxyl groups excluding tert-OH is 1. The molecule has 0 unspecified atom stereocenters. The maximum Gasteiger partial charge on any atom is 0.239 e. The van der Waals surface area contributed by atoms with E-state index < -0.39 is 0 Å². The van der Waals surface area contributed by atoms with E-state index in [0.29, 0.717) is 6.04 Å². The molecule has 0 radical (unpaired) electrons. The Morgan fingerprint density at radius 3 is 2.29 bits per heavy atom. The van der Waals surface area contributed by atoms with Crippen LogP contribution in [0.4, 0.5) is 0 Å². The first-order chi connectivity index (χ1) is 11.5. The minimum atomic E-state index is -0.292. The zero-order valence-electron chi connectivity index (χ0n) is 15.9. The van der Waals surface area contributed by atoms with Crippen molar-refractivity contribution in [2.45, 2.75) is 52.3 Å². The number of likely N-dealkylation sites (N-methyl/N-ethyl adjacent to an activating group) is 1. The van der Waals surface area contributed by atoms with Gasteiger partial charge in [-0.1, -0.05) is 13.8 Å². The number of carbonyl (C=O) groups excluding carboxylic acids is 1. The second-order valence-corrected chi connectivity index (χ2v) is 7.34. The molecule has 6 nitrogen and oxygen atoms in total. The minimum Gasteiger partial charge on any atom is -0.392 e. The molecule has 2 aliphatic heterocycles. The first-order valence-electron chi connectivity index (χ1n) is 9.63. The van der Waals surface area contributed by atoms with Gasteiger partial charge in [0.15, 0.2) is 0 Å². The predicted octanol–water partition coefficient (Wildman–Crippen LogP) is 0.316. The predicted molar refractivity (Wildman–Crippen MR) is 97.1 cm³/mol. The lowest BCUT2D eigenvalue weighted by atomic mass is 10.1. The largest absolute Gasteiger partial charge is 0.392 e. The summed E-state index contributed by atoms with van der Waals surface area (Å²) in [4.78, 5) is 22.0. The molecule has 0 spiro atoms. The van der Waals surface area contributed by atoms with Gasteiger partial charge < -0.3 is 14.9 Å². The number of hydrogen-bond donors (Lipinski definition) is 1. The second kappa shape index (κ2) is 9.13. The Morgan fingerprint density at radius 2 is 1.75 bits per heavy atom. The van der Waals surface area contributed by atoms with Crippen molar-refractivity contribution in [2.24, 2.45) is 0 Å². The normalized spacial score (nSPS) is 27.2. The summed E-state index contributed by atoms with van der Waals surface area (Å²) >= 11 is 0. The monoisotopic (exact) mass is 340 g/mol. The van der Waals surface area contributed by atoms with Gasteiger partial charge in [-0.3, -0.25) is 14.6 Å². The van der Waals surface area contributed by atoms with Crippen LogP contribution >= 0.6 is 0 Å². The van der Waals surface area contributed by atoms with Crippen LogP contribution in [0.3, 0.4) is 0 Å². The molecule has 2 fully saturated rings. The minimum absolute atomic E-state index is 0.0408. The Bertz CT molecular complexity index is 396. The lowest BCUT2D eigenvalue weighted by Gasteiger charge is -2.45. The van der Waals surface area contributed by atoms with Crippen molar-refractivity contribution < 1.29 is 9.90 Å². The first kappa shape index (κ1) is 19.6. The van der Waals surface area contributed by atoms with Crippen molar-refractivity contribution in [1.29, 1.82) is 0 Å². The van der Waals surface area contributed by atoms with Gasteiger partial charge in [0, 0.05) is 58.4 Å². The van der Waals surface area contributed by atoms with E-state index in [1.807, 2.05) is 11.8 Å². The molecule has 24 heavy (non-hydrogen) atoms. The highest BCUT2D eigenvalue weighted by atomic mass is 16.3. The fourth-order valence-corrected chi connectivity index (χ4v) is 3.94. The highest BCUT2D eigenvalue weighted by Crippen LogP contribution is 2.17. The van der Waals surface area contributed by atoms with Crippen LogP contribution in [0.5, 0.6) is 0 Å². The summed E-state index contributed by atoms with van der Waals surface area (Å²) in [6.07, 6.45) is 0.763. The van der Waals surface area contributed by atoms with Crippen molar-refractivity contribution in [2.75, 3.05) is 58.9 Å². The van der Waals surface area contributed by atoms with Gasteiger partial charge in [-0.15, -0.1) is 0 Å². The van der Waals surface area contributed by atoms with E-state index in [2.05, 4.69) is 35.5 Å². The van der Waals surface area contributed by atoms with Gasteiger partial charge in [-0.05, 0) is 26.8 Å². The Balaban J connectivity index is 1.88. The number of carbonyl (C=O) groups is 1. The fraction of sp³-hybridized carbons (Fsp3) is 0.944. The third-order valence-corrected chi connectivity index (χ3v) is 5.64. The molecule has 1 N–H and O–H groups in total. The van der Waals surface area contributed by atoms with Gasteiger partial charge in [0.2, 0.25) is 5.91 Å². The second-order valence-electron chi connectivity index (χ2n) is 7.34. The van der Waals surface area contributed by atoms with E-state index in [1.165, 1.54) is 0 Å². The molecule has 0 saturated carbocycles. The van der Waals surface area contributed by atoms with Crippen LogP contribution in [0.2, 0.25) is 0 Å². The summed E-state index contributed by atoms with van der Waals surface area (Å²) in [5.41, 5.74) is 0. The molecule has 3 atom stereocenters. The summed E-state index contributed by atoms with van der Waals surface area (Å²) in [7, 11) is 0. The molecule has 2 heterocycles. The number of amides is 1. The molecule has 2 saturated heterocycles. The van der Waals surface area contributed by atoms with Crippen LogP contribution < -0.4 is 0 Å². The molecule has 2 aliphatic rings. The maximum absolute atomic E-state index is 12.9. The Morgan fingerprint density at radius 1 is 1.08 bits per heavy atom. The average molecular weight is 341 g/mol. The van der Waals surface area contributed by atoms with E-state index in [0.717, 1.165) is 65.3 Å². The van der Waals surface area contributed by atoms with Gasteiger partial charge in [-0.25, -0.2) is 0 Å². The lowest BCUT2D eigenvalue weighted by Crippen LogP contribution is -2.60. The van der Waals surface area contributed by atoms with Gasteiger partial charge in [0.1, 0.15) is 0 Å². The van der Waals surface area contributed by atoms with E-state index >= 15 is 0 Å². The van der Waals surface area contributed by atoms with E-state index in [9.17, 15) is 9.90 Å². The molecule has 1 amide bonds. The van der Waals surface area contributed by atoms with Gasteiger partial charge in [0.05, 0.1) is 12.1 Å². The topological polar surface area (TPSA) is 50.3 Å². The highest BCUT2D eigenvalue weighted by molar-refractivity contribution is 5.81. The summed E-state index contributed by atoms with van der Waals surface area (Å²) in [5.74, 6) is 0.282. The lowest BCUT2D eigenvalue weighted by molar-refractivity contribution is -0.139. The molecule has 140 valence electrons. The molecular formula is C18H36N4O2. The molecule has 2 rings (SSSR count). The van der Waals surface area contributed by atoms with Gasteiger partial charge >= 0.3 is 0 Å². The molecule has 0 aromatic carbocycles. The van der Waals surface area contributed by atoms with E-state index in [4.69, 9.17) is 0 Å².